The Labute approximate surface area is 133 Å². The smallest absolute Gasteiger partial charge is 0.255 e. The van der Waals surface area contributed by atoms with Crippen LogP contribution in [0.25, 0.3) is 0 Å². The van der Waals surface area contributed by atoms with E-state index in [-0.39, 0.29) is 5.91 Å². The first-order chi connectivity index (χ1) is 10.5. The molecule has 1 saturated heterocycles. The van der Waals surface area contributed by atoms with Crippen LogP contribution in [0.5, 0.6) is 0 Å². The van der Waals surface area contributed by atoms with Gasteiger partial charge in [-0.2, -0.15) is 0 Å². The number of nitrogens with zero attached hydrogens (tertiary/aromatic N) is 3. The molecule has 22 heavy (non-hydrogen) atoms. The number of aryl methyl sites for hydroxylation is 1. The number of likely N-dealkylation sites (tertiary alicyclic amines) is 1. The van der Waals surface area contributed by atoms with Crippen LogP contribution in [0, 0.1) is 12.8 Å². The zero-order chi connectivity index (χ0) is 15.7. The van der Waals surface area contributed by atoms with Crippen LogP contribution in [-0.4, -0.2) is 53.4 Å². The summed E-state index contributed by atoms with van der Waals surface area (Å²) >= 11 is 0. The fourth-order valence-corrected chi connectivity index (χ4v) is 3.70. The molecular weight excluding hydrogens is 274 g/mol. The average molecular weight is 301 g/mol. The van der Waals surface area contributed by atoms with E-state index in [0.717, 1.165) is 43.1 Å². The van der Waals surface area contributed by atoms with Crippen LogP contribution < -0.4 is 0 Å². The lowest BCUT2D eigenvalue weighted by Crippen LogP contribution is -2.54. The minimum absolute atomic E-state index is 0.143. The van der Waals surface area contributed by atoms with Gasteiger partial charge >= 0.3 is 0 Å². The maximum atomic E-state index is 12.7. The van der Waals surface area contributed by atoms with Crippen molar-refractivity contribution in [2.24, 2.45) is 5.92 Å². The predicted octanol–water partition coefficient (Wildman–Crippen LogP) is 2.73. The fourth-order valence-electron chi connectivity index (χ4n) is 3.70. The molecule has 0 radical (unpaired) electrons. The number of pyridine rings is 1. The molecule has 1 saturated carbocycles. The summed E-state index contributed by atoms with van der Waals surface area (Å²) in [5, 5.41) is 0. The molecule has 0 unspecified atom stereocenters. The number of rotatable bonds is 4. The third-order valence-corrected chi connectivity index (χ3v) is 5.53. The van der Waals surface area contributed by atoms with Crippen LogP contribution in [0.2, 0.25) is 0 Å². The molecule has 1 aliphatic carbocycles. The Morgan fingerprint density at radius 2 is 2.05 bits per heavy atom. The Morgan fingerprint density at radius 3 is 2.59 bits per heavy atom. The minimum Gasteiger partial charge on any atom is -0.338 e. The molecule has 1 aromatic rings. The lowest BCUT2D eigenvalue weighted by atomic mass is 9.81. The fraction of sp³-hybridized carbons (Fsp3) is 0.667. The molecule has 120 valence electrons. The SMILES string of the molecule is Cc1ncccc1C(=O)N1CCC(CC2CC2)(N(C)C)CC1. The van der Waals surface area contributed by atoms with Crippen LogP contribution in [0.15, 0.2) is 18.3 Å². The summed E-state index contributed by atoms with van der Waals surface area (Å²) in [4.78, 5) is 21.4. The molecule has 1 aliphatic heterocycles. The van der Waals surface area contributed by atoms with Gasteiger partial charge in [0.05, 0.1) is 5.56 Å². The van der Waals surface area contributed by atoms with E-state index in [1.807, 2.05) is 24.0 Å². The van der Waals surface area contributed by atoms with Gasteiger partial charge in [-0.1, -0.05) is 12.8 Å². The summed E-state index contributed by atoms with van der Waals surface area (Å²) in [5.74, 6) is 1.06. The Hall–Kier alpha value is -1.42. The molecule has 0 aromatic carbocycles. The van der Waals surface area contributed by atoms with E-state index in [1.165, 1.54) is 19.3 Å². The van der Waals surface area contributed by atoms with Crippen LogP contribution >= 0.6 is 0 Å². The van der Waals surface area contributed by atoms with E-state index in [2.05, 4.69) is 24.0 Å². The maximum absolute atomic E-state index is 12.7. The van der Waals surface area contributed by atoms with Crippen molar-refractivity contribution in [3.05, 3.63) is 29.6 Å². The predicted molar refractivity (Wildman–Crippen MR) is 87.9 cm³/mol. The van der Waals surface area contributed by atoms with Crippen molar-refractivity contribution in [2.45, 2.75) is 44.6 Å². The second kappa shape index (κ2) is 5.99. The molecule has 1 aromatic heterocycles. The molecule has 4 heteroatoms. The molecule has 2 heterocycles. The number of aromatic nitrogens is 1. The lowest BCUT2D eigenvalue weighted by Gasteiger charge is -2.46. The average Bonchev–Trinajstić information content (AvgIpc) is 3.31. The summed E-state index contributed by atoms with van der Waals surface area (Å²) in [7, 11) is 4.40. The van der Waals surface area contributed by atoms with Crippen molar-refractivity contribution in [1.29, 1.82) is 0 Å². The van der Waals surface area contributed by atoms with E-state index in [1.54, 1.807) is 6.20 Å². The normalized spacial score (nSPS) is 21.2. The summed E-state index contributed by atoms with van der Waals surface area (Å²) < 4.78 is 0. The van der Waals surface area contributed by atoms with Crippen molar-refractivity contribution in [3.8, 4) is 0 Å². The molecule has 4 nitrogen and oxygen atoms in total. The topological polar surface area (TPSA) is 36.4 Å². The van der Waals surface area contributed by atoms with Gasteiger partial charge in [0.1, 0.15) is 0 Å². The van der Waals surface area contributed by atoms with E-state index in [4.69, 9.17) is 0 Å². The number of hydrogen-bond donors (Lipinski definition) is 0. The Balaban J connectivity index is 1.67. The molecule has 1 amide bonds. The molecule has 2 aliphatic rings. The van der Waals surface area contributed by atoms with Crippen molar-refractivity contribution in [1.82, 2.24) is 14.8 Å². The van der Waals surface area contributed by atoms with Crippen molar-refractivity contribution < 1.29 is 4.79 Å². The standard InChI is InChI=1S/C18H27N3O/c1-14-16(5-4-10-19-14)17(22)21-11-8-18(9-12-21,20(2)3)13-15-6-7-15/h4-5,10,15H,6-9,11-13H2,1-3H3. The van der Waals surface area contributed by atoms with Crippen LogP contribution in [-0.2, 0) is 0 Å². The van der Waals surface area contributed by atoms with Gasteiger partial charge in [0, 0.05) is 30.5 Å². The van der Waals surface area contributed by atoms with Gasteiger partial charge in [-0.05, 0) is 58.3 Å². The second-order valence-electron chi connectivity index (χ2n) is 7.19. The highest BCUT2D eigenvalue weighted by Gasteiger charge is 2.41. The number of piperidine rings is 1. The second-order valence-corrected chi connectivity index (χ2v) is 7.19. The highest BCUT2D eigenvalue weighted by Crippen LogP contribution is 2.42. The first kappa shape index (κ1) is 15.5. The first-order valence-electron chi connectivity index (χ1n) is 8.40. The highest BCUT2D eigenvalue weighted by molar-refractivity contribution is 5.95. The van der Waals surface area contributed by atoms with E-state index >= 15 is 0 Å². The van der Waals surface area contributed by atoms with E-state index < -0.39 is 0 Å². The maximum Gasteiger partial charge on any atom is 0.255 e. The van der Waals surface area contributed by atoms with Crippen LogP contribution in [0.3, 0.4) is 0 Å². The lowest BCUT2D eigenvalue weighted by molar-refractivity contribution is 0.0362. The van der Waals surface area contributed by atoms with Gasteiger partial charge in [-0.25, -0.2) is 0 Å². The van der Waals surface area contributed by atoms with Gasteiger partial charge in [-0.3, -0.25) is 9.78 Å². The Morgan fingerprint density at radius 1 is 1.36 bits per heavy atom. The number of carbonyl (C=O) groups is 1. The van der Waals surface area contributed by atoms with Gasteiger partial charge in [0.15, 0.2) is 0 Å². The summed E-state index contributed by atoms with van der Waals surface area (Å²) in [6.07, 6.45) is 8.01. The molecule has 0 spiro atoms. The zero-order valence-corrected chi connectivity index (χ0v) is 14.0. The first-order valence-corrected chi connectivity index (χ1v) is 8.40. The van der Waals surface area contributed by atoms with Gasteiger partial charge in [0.2, 0.25) is 0 Å². The van der Waals surface area contributed by atoms with Crippen molar-refractivity contribution in [3.63, 3.8) is 0 Å². The monoisotopic (exact) mass is 301 g/mol. The minimum atomic E-state index is 0.143. The van der Waals surface area contributed by atoms with Gasteiger partial charge < -0.3 is 9.80 Å². The number of carbonyl (C=O) groups excluding carboxylic acids is 1. The Kier molecular flexibility index (Phi) is 4.22. The van der Waals surface area contributed by atoms with Gasteiger partial charge in [0.25, 0.3) is 5.91 Å². The highest BCUT2D eigenvalue weighted by atomic mass is 16.2. The van der Waals surface area contributed by atoms with Crippen LogP contribution in [0.1, 0.15) is 48.2 Å². The number of amides is 1. The molecule has 0 atom stereocenters. The summed E-state index contributed by atoms with van der Waals surface area (Å²) in [6.45, 7) is 3.63. The largest absolute Gasteiger partial charge is 0.338 e. The number of hydrogen-bond acceptors (Lipinski definition) is 3. The molecule has 0 bridgehead atoms. The van der Waals surface area contributed by atoms with E-state index in [0.29, 0.717) is 5.54 Å². The molecular formula is C18H27N3O. The third-order valence-electron chi connectivity index (χ3n) is 5.53. The van der Waals surface area contributed by atoms with Crippen molar-refractivity contribution in [2.75, 3.05) is 27.2 Å². The van der Waals surface area contributed by atoms with Crippen LogP contribution in [0.4, 0.5) is 0 Å². The Bertz CT molecular complexity index is 543. The molecule has 3 rings (SSSR count). The molecule has 0 N–H and O–H groups in total. The molecule has 2 fully saturated rings. The van der Waals surface area contributed by atoms with Gasteiger partial charge in [-0.15, -0.1) is 0 Å². The zero-order valence-electron chi connectivity index (χ0n) is 14.0. The third kappa shape index (κ3) is 3.02. The summed E-state index contributed by atoms with van der Waals surface area (Å²) in [5.41, 5.74) is 1.87. The summed E-state index contributed by atoms with van der Waals surface area (Å²) in [6, 6.07) is 3.74. The quantitative estimate of drug-likeness (QED) is 0.858. The van der Waals surface area contributed by atoms with Crippen molar-refractivity contribution >= 4 is 5.91 Å². The van der Waals surface area contributed by atoms with E-state index in [9.17, 15) is 4.79 Å².